The first-order valence-electron chi connectivity index (χ1n) is 9.59. The Morgan fingerprint density at radius 1 is 1.14 bits per heavy atom. The summed E-state index contributed by atoms with van der Waals surface area (Å²) in [6.45, 7) is 10.6. The lowest BCUT2D eigenvalue weighted by molar-refractivity contribution is 0.795. The van der Waals surface area contributed by atoms with Crippen LogP contribution in [0.5, 0.6) is 0 Å². The minimum absolute atomic E-state index is 0. The number of halogens is 1. The van der Waals surface area contributed by atoms with Gasteiger partial charge in [-0.2, -0.15) is 0 Å². The number of nitrogens with one attached hydrogen (secondary N) is 2. The highest BCUT2D eigenvalue weighted by Crippen LogP contribution is 2.18. The third-order valence-corrected chi connectivity index (χ3v) is 5.72. The van der Waals surface area contributed by atoms with Crippen LogP contribution in [-0.2, 0) is 13.0 Å². The van der Waals surface area contributed by atoms with E-state index in [-0.39, 0.29) is 24.0 Å². The van der Waals surface area contributed by atoms with Gasteiger partial charge in [-0.05, 0) is 38.5 Å². The lowest BCUT2D eigenvalue weighted by Crippen LogP contribution is -2.38. The SMILES string of the molecule is CCNC(=NCc1ccc(N2CC=CC2)cc1)NCCc1nc(C)c(C)s1.I. The molecule has 7 heteroatoms. The summed E-state index contributed by atoms with van der Waals surface area (Å²) in [4.78, 5) is 13.0. The molecule has 0 saturated carbocycles. The number of hydrogen-bond donors (Lipinski definition) is 2. The highest BCUT2D eigenvalue weighted by Gasteiger charge is 2.07. The van der Waals surface area contributed by atoms with Crippen LogP contribution in [0.1, 0.15) is 28.1 Å². The summed E-state index contributed by atoms with van der Waals surface area (Å²) >= 11 is 1.78. The Kier molecular flexibility index (Phi) is 9.24. The molecule has 0 unspecified atom stereocenters. The van der Waals surface area contributed by atoms with Gasteiger partial charge in [0.2, 0.25) is 0 Å². The Hall–Kier alpha value is -1.61. The summed E-state index contributed by atoms with van der Waals surface area (Å²) in [6, 6.07) is 8.71. The van der Waals surface area contributed by atoms with Crippen LogP contribution in [0.4, 0.5) is 5.69 Å². The van der Waals surface area contributed by atoms with Crippen LogP contribution in [0.15, 0.2) is 41.4 Å². The van der Waals surface area contributed by atoms with Crippen molar-refractivity contribution in [2.24, 2.45) is 4.99 Å². The molecule has 0 amide bonds. The van der Waals surface area contributed by atoms with Gasteiger partial charge in [0.05, 0.1) is 17.2 Å². The van der Waals surface area contributed by atoms with E-state index in [1.165, 1.54) is 21.1 Å². The summed E-state index contributed by atoms with van der Waals surface area (Å²) < 4.78 is 0. The number of aryl methyl sites for hydroxylation is 2. The van der Waals surface area contributed by atoms with Gasteiger partial charge in [0.25, 0.3) is 0 Å². The van der Waals surface area contributed by atoms with Gasteiger partial charge >= 0.3 is 0 Å². The quantitative estimate of drug-likeness (QED) is 0.255. The molecule has 1 aliphatic heterocycles. The van der Waals surface area contributed by atoms with Crippen LogP contribution in [0, 0.1) is 13.8 Å². The van der Waals surface area contributed by atoms with Gasteiger partial charge in [-0.15, -0.1) is 35.3 Å². The normalized spacial score (nSPS) is 13.5. The molecule has 2 aromatic rings. The summed E-state index contributed by atoms with van der Waals surface area (Å²) in [5, 5.41) is 7.91. The largest absolute Gasteiger partial charge is 0.364 e. The molecule has 2 N–H and O–H groups in total. The number of guanidine groups is 1. The van der Waals surface area contributed by atoms with Crippen molar-refractivity contribution < 1.29 is 0 Å². The van der Waals surface area contributed by atoms with Crippen LogP contribution in [-0.4, -0.2) is 37.1 Å². The number of nitrogens with zero attached hydrogens (tertiary/aromatic N) is 3. The summed E-state index contributed by atoms with van der Waals surface area (Å²) in [5.41, 5.74) is 3.63. The number of aromatic nitrogens is 1. The van der Waals surface area contributed by atoms with E-state index < -0.39 is 0 Å². The van der Waals surface area contributed by atoms with Gasteiger partial charge in [0.15, 0.2) is 5.96 Å². The van der Waals surface area contributed by atoms with Crippen LogP contribution >= 0.6 is 35.3 Å². The zero-order valence-corrected chi connectivity index (χ0v) is 20.0. The van der Waals surface area contributed by atoms with Gasteiger partial charge in [-0.3, -0.25) is 0 Å². The van der Waals surface area contributed by atoms with Gasteiger partial charge < -0.3 is 15.5 Å². The van der Waals surface area contributed by atoms with E-state index in [4.69, 9.17) is 4.99 Å². The van der Waals surface area contributed by atoms with Crippen molar-refractivity contribution in [2.75, 3.05) is 31.1 Å². The molecule has 0 atom stereocenters. The summed E-state index contributed by atoms with van der Waals surface area (Å²) in [6.07, 6.45) is 5.34. The standard InChI is InChI=1S/C21H29N5S.HI/c1-4-22-21(23-12-11-20-25-16(2)17(3)27-20)24-15-18-7-9-19(10-8-18)26-13-5-6-14-26;/h5-10H,4,11-15H2,1-3H3,(H2,22,23,24);1H. The Morgan fingerprint density at radius 2 is 1.86 bits per heavy atom. The lowest BCUT2D eigenvalue weighted by Gasteiger charge is -2.17. The Bertz CT molecular complexity index is 770. The maximum atomic E-state index is 4.72. The van der Waals surface area contributed by atoms with Crippen LogP contribution < -0.4 is 15.5 Å². The first-order valence-corrected chi connectivity index (χ1v) is 10.4. The maximum Gasteiger partial charge on any atom is 0.191 e. The second kappa shape index (κ2) is 11.4. The zero-order valence-electron chi connectivity index (χ0n) is 16.9. The van der Waals surface area contributed by atoms with Gasteiger partial charge in [0, 0.05) is 43.2 Å². The minimum atomic E-state index is 0. The van der Waals surface area contributed by atoms with Crippen LogP contribution in [0.3, 0.4) is 0 Å². The van der Waals surface area contributed by atoms with Gasteiger partial charge in [0.1, 0.15) is 0 Å². The maximum absolute atomic E-state index is 4.72. The average Bonchev–Trinajstić information content (AvgIpc) is 3.31. The van der Waals surface area contributed by atoms with Crippen molar-refractivity contribution in [3.8, 4) is 0 Å². The molecule has 0 aliphatic carbocycles. The number of rotatable bonds is 7. The van der Waals surface area contributed by atoms with Crippen molar-refractivity contribution in [2.45, 2.75) is 33.7 Å². The number of thiazole rings is 1. The molecular weight excluding hydrogens is 481 g/mol. The molecule has 0 saturated heterocycles. The third kappa shape index (κ3) is 6.48. The van der Waals surface area contributed by atoms with Crippen molar-refractivity contribution in [3.05, 3.63) is 57.6 Å². The lowest BCUT2D eigenvalue weighted by atomic mass is 10.2. The van der Waals surface area contributed by atoms with Crippen molar-refractivity contribution in [1.29, 1.82) is 0 Å². The molecule has 0 radical (unpaired) electrons. The number of aliphatic imine (C=N–C) groups is 1. The molecule has 0 bridgehead atoms. The molecule has 1 aromatic heterocycles. The van der Waals surface area contributed by atoms with E-state index in [1.54, 1.807) is 11.3 Å². The van der Waals surface area contributed by atoms with Gasteiger partial charge in [-0.25, -0.2) is 9.98 Å². The fraction of sp³-hybridized carbons (Fsp3) is 0.429. The molecule has 0 spiro atoms. The second-order valence-corrected chi connectivity index (χ2v) is 7.95. The highest BCUT2D eigenvalue weighted by atomic mass is 127. The van der Waals surface area contributed by atoms with Crippen molar-refractivity contribution in [3.63, 3.8) is 0 Å². The molecule has 1 aromatic carbocycles. The minimum Gasteiger partial charge on any atom is -0.364 e. The predicted molar refractivity (Wildman–Crippen MR) is 131 cm³/mol. The molecule has 1 aliphatic rings. The zero-order chi connectivity index (χ0) is 19.1. The third-order valence-electron chi connectivity index (χ3n) is 4.59. The molecule has 0 fully saturated rings. The van der Waals surface area contributed by atoms with Crippen LogP contribution in [0.2, 0.25) is 0 Å². The Balaban J connectivity index is 0.00000280. The summed E-state index contributed by atoms with van der Waals surface area (Å²) in [7, 11) is 0. The smallest absolute Gasteiger partial charge is 0.191 e. The number of benzene rings is 1. The topological polar surface area (TPSA) is 52.6 Å². The highest BCUT2D eigenvalue weighted by molar-refractivity contribution is 14.0. The van der Waals surface area contributed by atoms with E-state index in [1.807, 2.05) is 0 Å². The van der Waals surface area contributed by atoms with E-state index >= 15 is 0 Å². The van der Waals surface area contributed by atoms with Crippen molar-refractivity contribution >= 4 is 47.0 Å². The monoisotopic (exact) mass is 511 g/mol. The molecule has 2 heterocycles. The van der Waals surface area contributed by atoms with E-state index in [9.17, 15) is 0 Å². The van der Waals surface area contributed by atoms with E-state index in [0.29, 0.717) is 6.54 Å². The Morgan fingerprint density at radius 3 is 2.46 bits per heavy atom. The number of anilines is 1. The molecule has 28 heavy (non-hydrogen) atoms. The fourth-order valence-electron chi connectivity index (χ4n) is 2.95. The second-order valence-electron chi connectivity index (χ2n) is 6.66. The molecular formula is C21H30IN5S. The molecule has 5 nitrogen and oxygen atoms in total. The fourth-order valence-corrected chi connectivity index (χ4v) is 3.88. The molecule has 3 rings (SSSR count). The first kappa shape index (κ1) is 22.7. The predicted octanol–water partition coefficient (Wildman–Crippen LogP) is 4.05. The number of hydrogen-bond acceptors (Lipinski definition) is 4. The Labute approximate surface area is 189 Å². The average molecular weight is 511 g/mol. The van der Waals surface area contributed by atoms with Crippen LogP contribution in [0.25, 0.3) is 0 Å². The van der Waals surface area contributed by atoms with Crippen molar-refractivity contribution in [1.82, 2.24) is 15.6 Å². The molecule has 152 valence electrons. The van der Waals surface area contributed by atoms with E-state index in [0.717, 1.165) is 44.3 Å². The summed E-state index contributed by atoms with van der Waals surface area (Å²) in [5.74, 6) is 0.857. The first-order chi connectivity index (χ1) is 13.2. The van der Waals surface area contributed by atoms with Gasteiger partial charge in [-0.1, -0.05) is 24.3 Å². The van der Waals surface area contributed by atoms with E-state index in [2.05, 4.69) is 77.7 Å².